The molecule has 0 rings (SSSR count). The molecule has 0 saturated carbocycles. The number of hydrogen-bond acceptors (Lipinski definition) is 3. The van der Waals surface area contributed by atoms with Crippen molar-refractivity contribution in [3.05, 3.63) is 24.8 Å². The van der Waals surface area contributed by atoms with Gasteiger partial charge in [0.2, 0.25) is 0 Å². The molecular formula is C42H80O4. The molecule has 0 fully saturated rings. The Hall–Kier alpha value is -1.58. The van der Waals surface area contributed by atoms with Crippen LogP contribution in [0.5, 0.6) is 0 Å². The summed E-state index contributed by atoms with van der Waals surface area (Å²) in [6, 6.07) is 0. The van der Waals surface area contributed by atoms with E-state index in [1.165, 1.54) is 179 Å². The Bertz CT molecular complexity index is 669. The van der Waals surface area contributed by atoms with Crippen LogP contribution in [0.1, 0.15) is 220 Å². The van der Waals surface area contributed by atoms with E-state index < -0.39 is 5.97 Å². The monoisotopic (exact) mass is 649 g/mol. The summed E-state index contributed by atoms with van der Waals surface area (Å²) in [7, 11) is 0. The summed E-state index contributed by atoms with van der Waals surface area (Å²) in [4.78, 5) is 21.4. The zero-order valence-electron chi connectivity index (χ0n) is 31.4. The van der Waals surface area contributed by atoms with Crippen molar-refractivity contribution in [2.75, 3.05) is 6.61 Å². The van der Waals surface area contributed by atoms with Gasteiger partial charge in [-0.15, -0.1) is 0 Å². The lowest BCUT2D eigenvalue weighted by molar-refractivity contribution is -0.138. The number of carbonyl (C=O) groups is 2. The molecule has 1 N–H and O–H groups in total. The highest BCUT2D eigenvalue weighted by molar-refractivity contribution is 5.85. The molecule has 4 nitrogen and oxygen atoms in total. The molecule has 0 saturated heterocycles. The third kappa shape index (κ3) is 42.4. The Morgan fingerprint density at radius 3 is 1.22 bits per heavy atom. The van der Waals surface area contributed by atoms with Gasteiger partial charge in [-0.3, -0.25) is 0 Å². The molecule has 0 heterocycles. The summed E-state index contributed by atoms with van der Waals surface area (Å²) in [5.41, 5.74) is 0.356. The third-order valence-corrected chi connectivity index (χ3v) is 8.97. The van der Waals surface area contributed by atoms with Gasteiger partial charge in [0.1, 0.15) is 0 Å². The first-order valence-corrected chi connectivity index (χ1v) is 20.0. The summed E-state index contributed by atoms with van der Waals surface area (Å²) in [6.07, 6.45) is 42.3. The maximum Gasteiger partial charge on any atom is 0.330 e. The molecule has 0 radical (unpaired) electrons. The van der Waals surface area contributed by atoms with Crippen molar-refractivity contribution in [1.82, 2.24) is 0 Å². The van der Waals surface area contributed by atoms with Crippen LogP contribution < -0.4 is 0 Å². The number of ether oxygens (including phenoxy) is 1. The van der Waals surface area contributed by atoms with Crippen LogP contribution in [-0.4, -0.2) is 23.7 Å². The summed E-state index contributed by atoms with van der Waals surface area (Å²) in [5, 5.41) is 8.71. The SMILES string of the molecule is C=C(CCCCCCCCCCCCCCCC(C)C)C(=O)O.C=CC(=O)OCCCCCCCCCCCCCCCCCC. The molecule has 4 heteroatoms. The standard InChI is InChI=1S/2C21H40O2/c1-19(2)17-15-13-11-9-7-5-4-6-8-10-12-14-16-18-20(3)21(22)23;1-3-5-6-7-8-9-10-11-12-13-14-15-16-17-18-19-20-23-21(22)4-2/h19H,3-18H2,1-2H3,(H,22,23);4H,2-3,5-20H2,1H3. The molecule has 0 atom stereocenters. The third-order valence-electron chi connectivity index (χ3n) is 8.97. The molecule has 0 amide bonds. The first-order chi connectivity index (χ1) is 22.3. The number of unbranched alkanes of at least 4 members (excludes halogenated alkanes) is 27. The van der Waals surface area contributed by atoms with Crippen molar-refractivity contribution in [3.63, 3.8) is 0 Å². The van der Waals surface area contributed by atoms with E-state index in [2.05, 4.69) is 33.9 Å². The van der Waals surface area contributed by atoms with Crippen LogP contribution in [0.25, 0.3) is 0 Å². The van der Waals surface area contributed by atoms with E-state index in [9.17, 15) is 9.59 Å². The summed E-state index contributed by atoms with van der Waals surface area (Å²) < 4.78 is 4.95. The Morgan fingerprint density at radius 1 is 0.565 bits per heavy atom. The van der Waals surface area contributed by atoms with E-state index in [0.717, 1.165) is 25.2 Å². The zero-order valence-corrected chi connectivity index (χ0v) is 31.4. The molecule has 0 aliphatic heterocycles. The molecule has 0 bridgehead atoms. The maximum absolute atomic E-state index is 10.8. The Balaban J connectivity index is 0. The minimum absolute atomic E-state index is 0.300. The van der Waals surface area contributed by atoms with Gasteiger partial charge in [0.15, 0.2) is 0 Å². The second-order valence-electron chi connectivity index (χ2n) is 14.1. The molecule has 46 heavy (non-hydrogen) atoms. The first-order valence-electron chi connectivity index (χ1n) is 20.0. The van der Waals surface area contributed by atoms with Gasteiger partial charge in [-0.25, -0.2) is 9.59 Å². The topological polar surface area (TPSA) is 63.6 Å². The van der Waals surface area contributed by atoms with Gasteiger partial charge in [0.25, 0.3) is 0 Å². The molecule has 0 aromatic rings. The predicted octanol–water partition coefficient (Wildman–Crippen LogP) is 14.1. The fourth-order valence-corrected chi connectivity index (χ4v) is 5.82. The summed E-state index contributed by atoms with van der Waals surface area (Å²) >= 11 is 0. The lowest BCUT2D eigenvalue weighted by atomic mass is 10.0. The van der Waals surface area contributed by atoms with Crippen molar-refractivity contribution in [3.8, 4) is 0 Å². The van der Waals surface area contributed by atoms with Gasteiger partial charge in [-0.05, 0) is 25.2 Å². The van der Waals surface area contributed by atoms with Crippen LogP contribution in [0.2, 0.25) is 0 Å². The fraction of sp³-hybridized carbons (Fsp3) is 0.857. The van der Waals surface area contributed by atoms with E-state index in [1.807, 2.05) is 0 Å². The molecule has 0 aromatic carbocycles. The second-order valence-corrected chi connectivity index (χ2v) is 14.1. The van der Waals surface area contributed by atoms with E-state index >= 15 is 0 Å². The number of carbonyl (C=O) groups excluding carboxylic acids is 1. The first kappa shape index (κ1) is 46.5. The van der Waals surface area contributed by atoms with Crippen LogP contribution in [0, 0.1) is 5.92 Å². The smallest absolute Gasteiger partial charge is 0.330 e. The second kappa shape index (κ2) is 39.6. The van der Waals surface area contributed by atoms with Gasteiger partial charge in [0.05, 0.1) is 6.61 Å². The molecule has 0 aliphatic rings. The van der Waals surface area contributed by atoms with Gasteiger partial charge < -0.3 is 9.84 Å². The zero-order chi connectivity index (χ0) is 34.4. The summed E-state index contributed by atoms with van der Waals surface area (Å²) in [5.74, 6) is -0.276. The van der Waals surface area contributed by atoms with E-state index in [1.54, 1.807) is 0 Å². The Kier molecular flexibility index (Phi) is 40.1. The van der Waals surface area contributed by atoms with Crippen molar-refractivity contribution < 1.29 is 19.4 Å². The lowest BCUT2D eigenvalue weighted by Gasteiger charge is -2.05. The van der Waals surface area contributed by atoms with Crippen molar-refractivity contribution in [2.45, 2.75) is 220 Å². The van der Waals surface area contributed by atoms with E-state index in [4.69, 9.17) is 9.84 Å². The number of carboxylic acid groups (broad SMARTS) is 1. The van der Waals surface area contributed by atoms with Crippen LogP contribution >= 0.6 is 0 Å². The van der Waals surface area contributed by atoms with Crippen LogP contribution in [-0.2, 0) is 14.3 Å². The normalized spacial score (nSPS) is 10.9. The van der Waals surface area contributed by atoms with Crippen LogP contribution in [0.4, 0.5) is 0 Å². The van der Waals surface area contributed by atoms with Gasteiger partial charge in [0, 0.05) is 11.6 Å². The minimum atomic E-state index is -0.843. The highest BCUT2D eigenvalue weighted by Crippen LogP contribution is 2.16. The predicted molar refractivity (Wildman–Crippen MR) is 202 cm³/mol. The Morgan fingerprint density at radius 2 is 0.891 bits per heavy atom. The average Bonchev–Trinajstić information content (AvgIpc) is 3.04. The Labute approximate surface area is 288 Å². The number of esters is 1. The molecule has 0 spiro atoms. The van der Waals surface area contributed by atoms with Crippen LogP contribution in [0.15, 0.2) is 24.8 Å². The highest BCUT2D eigenvalue weighted by atomic mass is 16.5. The van der Waals surface area contributed by atoms with Gasteiger partial charge in [-0.1, -0.05) is 214 Å². The number of hydrogen-bond donors (Lipinski definition) is 1. The number of rotatable bonds is 35. The highest BCUT2D eigenvalue weighted by Gasteiger charge is 2.03. The van der Waals surface area contributed by atoms with Crippen molar-refractivity contribution in [2.24, 2.45) is 5.92 Å². The number of aliphatic carboxylic acids is 1. The van der Waals surface area contributed by atoms with E-state index in [-0.39, 0.29) is 5.97 Å². The molecule has 0 aromatic heterocycles. The van der Waals surface area contributed by atoms with E-state index in [0.29, 0.717) is 18.6 Å². The fourth-order valence-electron chi connectivity index (χ4n) is 5.82. The molecule has 0 unspecified atom stereocenters. The quantitative estimate of drug-likeness (QED) is 0.0422. The van der Waals surface area contributed by atoms with Gasteiger partial charge in [-0.2, -0.15) is 0 Å². The minimum Gasteiger partial charge on any atom is -0.478 e. The molecule has 0 aliphatic carbocycles. The maximum atomic E-state index is 10.8. The lowest BCUT2D eigenvalue weighted by Crippen LogP contribution is -2.01. The summed E-state index contributed by atoms with van der Waals surface area (Å²) in [6.45, 7) is 14.4. The van der Waals surface area contributed by atoms with Crippen molar-refractivity contribution in [1.29, 1.82) is 0 Å². The number of carboxylic acids is 1. The molecular weight excluding hydrogens is 568 g/mol. The van der Waals surface area contributed by atoms with Gasteiger partial charge >= 0.3 is 11.9 Å². The molecule has 272 valence electrons. The largest absolute Gasteiger partial charge is 0.478 e. The van der Waals surface area contributed by atoms with Crippen LogP contribution in [0.3, 0.4) is 0 Å². The van der Waals surface area contributed by atoms with Crippen molar-refractivity contribution >= 4 is 11.9 Å². The average molecular weight is 649 g/mol.